The van der Waals surface area contributed by atoms with Crippen molar-refractivity contribution < 1.29 is 0 Å². The summed E-state index contributed by atoms with van der Waals surface area (Å²) >= 11 is 1.89. The third-order valence-corrected chi connectivity index (χ3v) is 4.17. The normalized spacial score (nSPS) is 21.0. The molecule has 0 saturated carbocycles. The second kappa shape index (κ2) is 4.43. The van der Waals surface area contributed by atoms with Crippen LogP contribution in [0.5, 0.6) is 0 Å². The summed E-state index contributed by atoms with van der Waals surface area (Å²) in [5.74, 6) is 0. The molecule has 0 spiro atoms. The molecule has 1 saturated heterocycles. The smallest absolute Gasteiger partial charge is 0.0417 e. The van der Waals surface area contributed by atoms with E-state index in [9.17, 15) is 0 Å². The van der Waals surface area contributed by atoms with Crippen LogP contribution in [-0.4, -0.2) is 31.1 Å². The van der Waals surface area contributed by atoms with Crippen LogP contribution in [0.25, 0.3) is 0 Å². The Hall–Kier alpha value is -0.380. The van der Waals surface area contributed by atoms with E-state index in [1.165, 1.54) is 23.5 Å². The summed E-state index contributed by atoms with van der Waals surface area (Å²) in [6.07, 6.45) is 0. The lowest BCUT2D eigenvalue weighted by molar-refractivity contribution is 0.187. The van der Waals surface area contributed by atoms with Gasteiger partial charge < -0.3 is 5.32 Å². The van der Waals surface area contributed by atoms with Crippen LogP contribution < -0.4 is 5.32 Å². The maximum atomic E-state index is 3.39. The van der Waals surface area contributed by atoms with Crippen LogP contribution in [0.2, 0.25) is 0 Å². The van der Waals surface area contributed by atoms with Crippen LogP contribution in [0, 0.1) is 6.92 Å². The van der Waals surface area contributed by atoms with Gasteiger partial charge in [0.25, 0.3) is 0 Å². The molecule has 0 unspecified atom stereocenters. The van der Waals surface area contributed by atoms with Gasteiger partial charge in [0.2, 0.25) is 0 Å². The second-order valence-electron chi connectivity index (χ2n) is 3.93. The highest BCUT2D eigenvalue weighted by Crippen LogP contribution is 2.28. The van der Waals surface area contributed by atoms with Crippen molar-refractivity contribution in [2.45, 2.75) is 19.9 Å². The highest BCUT2D eigenvalue weighted by molar-refractivity contribution is 7.10. The molecule has 1 aliphatic rings. The molecule has 1 N–H and O–H groups in total. The van der Waals surface area contributed by atoms with E-state index in [-0.39, 0.29) is 0 Å². The summed E-state index contributed by atoms with van der Waals surface area (Å²) in [4.78, 5) is 4.10. The highest BCUT2D eigenvalue weighted by atomic mass is 32.1. The quantitative estimate of drug-likeness (QED) is 0.803. The second-order valence-corrected chi connectivity index (χ2v) is 4.88. The van der Waals surface area contributed by atoms with E-state index < -0.39 is 0 Å². The number of nitrogens with one attached hydrogen (secondary N) is 1. The minimum atomic E-state index is 0.595. The molecule has 1 aromatic heterocycles. The molecule has 2 rings (SSSR count). The van der Waals surface area contributed by atoms with Crippen molar-refractivity contribution in [3.63, 3.8) is 0 Å². The SMILES string of the molecule is Cc1ccsc1[C@@H](C)N1CCNCC1. The first-order chi connectivity index (χ1) is 6.79. The van der Waals surface area contributed by atoms with Gasteiger partial charge in [0.1, 0.15) is 0 Å². The van der Waals surface area contributed by atoms with Gasteiger partial charge in [-0.2, -0.15) is 0 Å². The van der Waals surface area contributed by atoms with E-state index in [4.69, 9.17) is 0 Å². The fourth-order valence-corrected chi connectivity index (χ4v) is 3.07. The van der Waals surface area contributed by atoms with Crippen molar-refractivity contribution in [1.82, 2.24) is 10.2 Å². The van der Waals surface area contributed by atoms with E-state index in [0.29, 0.717) is 6.04 Å². The zero-order valence-electron chi connectivity index (χ0n) is 8.92. The Kier molecular flexibility index (Phi) is 3.21. The van der Waals surface area contributed by atoms with Gasteiger partial charge in [-0.3, -0.25) is 4.90 Å². The molecule has 0 amide bonds. The van der Waals surface area contributed by atoms with Crippen molar-refractivity contribution in [2.75, 3.05) is 26.2 Å². The first kappa shape index (κ1) is 10.1. The van der Waals surface area contributed by atoms with Crippen LogP contribution in [0.3, 0.4) is 0 Å². The van der Waals surface area contributed by atoms with Gasteiger partial charge >= 0.3 is 0 Å². The Balaban J connectivity index is 2.07. The molecule has 0 bridgehead atoms. The van der Waals surface area contributed by atoms with Crippen molar-refractivity contribution in [1.29, 1.82) is 0 Å². The van der Waals surface area contributed by atoms with Gasteiger partial charge in [-0.25, -0.2) is 0 Å². The van der Waals surface area contributed by atoms with E-state index in [1.807, 2.05) is 11.3 Å². The van der Waals surface area contributed by atoms with Gasteiger partial charge in [-0.15, -0.1) is 11.3 Å². The maximum Gasteiger partial charge on any atom is 0.0417 e. The van der Waals surface area contributed by atoms with Gasteiger partial charge in [0, 0.05) is 37.1 Å². The minimum absolute atomic E-state index is 0.595. The molecule has 0 radical (unpaired) electrons. The number of thiophene rings is 1. The van der Waals surface area contributed by atoms with Crippen LogP contribution in [0.4, 0.5) is 0 Å². The van der Waals surface area contributed by atoms with Crippen LogP contribution in [0.15, 0.2) is 11.4 Å². The zero-order valence-corrected chi connectivity index (χ0v) is 9.73. The Morgan fingerprint density at radius 1 is 1.43 bits per heavy atom. The highest BCUT2D eigenvalue weighted by Gasteiger charge is 2.19. The number of aryl methyl sites for hydroxylation is 1. The first-order valence-corrected chi connectivity index (χ1v) is 6.16. The molecular weight excluding hydrogens is 192 g/mol. The molecule has 1 fully saturated rings. The molecule has 3 heteroatoms. The summed E-state index contributed by atoms with van der Waals surface area (Å²) in [7, 11) is 0. The fourth-order valence-electron chi connectivity index (χ4n) is 2.05. The van der Waals surface area contributed by atoms with Crippen LogP contribution in [-0.2, 0) is 0 Å². The number of piperazine rings is 1. The molecule has 2 nitrogen and oxygen atoms in total. The summed E-state index contributed by atoms with van der Waals surface area (Å²) in [5, 5.41) is 5.59. The van der Waals surface area contributed by atoms with Gasteiger partial charge in [-0.1, -0.05) is 0 Å². The Morgan fingerprint density at radius 2 is 2.14 bits per heavy atom. The minimum Gasteiger partial charge on any atom is -0.314 e. The lowest BCUT2D eigenvalue weighted by atomic mass is 10.1. The molecule has 0 aliphatic carbocycles. The largest absolute Gasteiger partial charge is 0.314 e. The molecule has 0 aromatic carbocycles. The monoisotopic (exact) mass is 210 g/mol. The van der Waals surface area contributed by atoms with Crippen molar-refractivity contribution in [3.8, 4) is 0 Å². The molecule has 78 valence electrons. The molecular formula is C11H18N2S. The summed E-state index contributed by atoms with van der Waals surface area (Å²) in [6.45, 7) is 9.16. The number of hydrogen-bond acceptors (Lipinski definition) is 3. The average molecular weight is 210 g/mol. The number of nitrogens with zero attached hydrogens (tertiary/aromatic N) is 1. The average Bonchev–Trinajstić information content (AvgIpc) is 2.65. The van der Waals surface area contributed by atoms with E-state index in [2.05, 4.69) is 35.5 Å². The Morgan fingerprint density at radius 3 is 2.71 bits per heavy atom. The van der Waals surface area contributed by atoms with E-state index >= 15 is 0 Å². The standard InChI is InChI=1S/C11H18N2S/c1-9-3-8-14-11(9)10(2)13-6-4-12-5-7-13/h3,8,10,12H,4-7H2,1-2H3/t10-/m1/s1. The topological polar surface area (TPSA) is 15.3 Å². The van der Waals surface area contributed by atoms with Crippen LogP contribution in [0.1, 0.15) is 23.4 Å². The lowest BCUT2D eigenvalue weighted by Crippen LogP contribution is -2.44. The van der Waals surface area contributed by atoms with Crippen molar-refractivity contribution in [3.05, 3.63) is 21.9 Å². The third-order valence-electron chi connectivity index (χ3n) is 2.98. The molecule has 1 aliphatic heterocycles. The van der Waals surface area contributed by atoms with E-state index in [1.54, 1.807) is 0 Å². The van der Waals surface area contributed by atoms with Crippen molar-refractivity contribution >= 4 is 11.3 Å². The third kappa shape index (κ3) is 2.00. The molecule has 1 aromatic rings. The van der Waals surface area contributed by atoms with Crippen molar-refractivity contribution in [2.24, 2.45) is 0 Å². The lowest BCUT2D eigenvalue weighted by Gasteiger charge is -2.32. The van der Waals surface area contributed by atoms with Gasteiger partial charge in [0.05, 0.1) is 0 Å². The van der Waals surface area contributed by atoms with Crippen LogP contribution >= 0.6 is 11.3 Å². The fraction of sp³-hybridized carbons (Fsp3) is 0.636. The zero-order chi connectivity index (χ0) is 9.97. The Bertz CT molecular complexity index is 289. The molecule has 14 heavy (non-hydrogen) atoms. The van der Waals surface area contributed by atoms with Gasteiger partial charge in [0.15, 0.2) is 0 Å². The number of hydrogen-bond donors (Lipinski definition) is 1. The Labute approximate surface area is 89.9 Å². The predicted molar refractivity (Wildman–Crippen MR) is 61.9 cm³/mol. The predicted octanol–water partition coefficient (Wildman–Crippen LogP) is 2.02. The summed E-state index contributed by atoms with van der Waals surface area (Å²) in [5.41, 5.74) is 1.45. The molecule has 1 atom stereocenters. The maximum absolute atomic E-state index is 3.39. The van der Waals surface area contributed by atoms with E-state index in [0.717, 1.165) is 13.1 Å². The summed E-state index contributed by atoms with van der Waals surface area (Å²) < 4.78 is 0. The number of rotatable bonds is 2. The van der Waals surface area contributed by atoms with Gasteiger partial charge in [-0.05, 0) is 30.9 Å². The summed E-state index contributed by atoms with van der Waals surface area (Å²) in [6, 6.07) is 2.82. The molecule has 2 heterocycles. The first-order valence-electron chi connectivity index (χ1n) is 5.28.